The Bertz CT molecular complexity index is 361. The van der Waals surface area contributed by atoms with Gasteiger partial charge in [0, 0.05) is 12.1 Å². The van der Waals surface area contributed by atoms with Gasteiger partial charge in [-0.3, -0.25) is 0 Å². The molecule has 1 aliphatic carbocycles. The van der Waals surface area contributed by atoms with Crippen LogP contribution in [0, 0.1) is 17.6 Å². The highest BCUT2D eigenvalue weighted by Gasteiger charge is 2.21. The quantitative estimate of drug-likeness (QED) is 0.812. The second-order valence-corrected chi connectivity index (χ2v) is 4.73. The van der Waals surface area contributed by atoms with Crippen molar-refractivity contribution in [1.29, 1.82) is 0 Å². The lowest BCUT2D eigenvalue weighted by molar-refractivity contribution is 0.492. The van der Waals surface area contributed by atoms with Crippen LogP contribution in [0.2, 0.25) is 0 Å². The minimum absolute atomic E-state index is 0.376. The first-order valence-corrected chi connectivity index (χ1v) is 5.82. The molecule has 0 radical (unpaired) electrons. The van der Waals surface area contributed by atoms with Gasteiger partial charge in [-0.1, -0.05) is 13.0 Å². The van der Waals surface area contributed by atoms with Crippen LogP contribution in [0.15, 0.2) is 18.2 Å². The topological polar surface area (TPSA) is 12.0 Å². The molecule has 1 atom stereocenters. The van der Waals surface area contributed by atoms with Crippen molar-refractivity contribution in [1.82, 2.24) is 5.32 Å². The van der Waals surface area contributed by atoms with E-state index in [0.717, 1.165) is 12.6 Å². The molecule has 0 heterocycles. The first-order valence-electron chi connectivity index (χ1n) is 5.82. The zero-order valence-electron chi connectivity index (χ0n) is 9.47. The van der Waals surface area contributed by atoms with E-state index < -0.39 is 11.6 Å². The van der Waals surface area contributed by atoms with Crippen molar-refractivity contribution in [3.8, 4) is 0 Å². The fourth-order valence-corrected chi connectivity index (χ4v) is 1.79. The molecule has 0 bridgehead atoms. The van der Waals surface area contributed by atoms with Crippen LogP contribution in [0.3, 0.4) is 0 Å². The Kier molecular flexibility index (Phi) is 3.54. The van der Waals surface area contributed by atoms with E-state index in [-0.39, 0.29) is 0 Å². The van der Waals surface area contributed by atoms with Gasteiger partial charge in [0.1, 0.15) is 11.6 Å². The lowest BCUT2D eigenvalue weighted by Crippen LogP contribution is -2.24. The lowest BCUT2D eigenvalue weighted by atomic mass is 10.0. The van der Waals surface area contributed by atoms with Crippen LogP contribution in [0.5, 0.6) is 0 Å². The van der Waals surface area contributed by atoms with Crippen LogP contribution in [-0.2, 0) is 6.42 Å². The van der Waals surface area contributed by atoms with Crippen molar-refractivity contribution in [2.75, 3.05) is 6.54 Å². The molecule has 2 rings (SSSR count). The van der Waals surface area contributed by atoms with Crippen molar-refractivity contribution < 1.29 is 8.78 Å². The van der Waals surface area contributed by atoms with Crippen LogP contribution in [0.4, 0.5) is 8.78 Å². The summed E-state index contributed by atoms with van der Waals surface area (Å²) >= 11 is 0. The van der Waals surface area contributed by atoms with E-state index in [1.807, 2.05) is 0 Å². The van der Waals surface area contributed by atoms with Gasteiger partial charge in [0.25, 0.3) is 0 Å². The molecule has 1 aromatic rings. The number of halogens is 2. The average Bonchev–Trinajstić information content (AvgIpc) is 3.03. The smallest absolute Gasteiger partial charge is 0.129 e. The van der Waals surface area contributed by atoms with Crippen LogP contribution in [-0.4, -0.2) is 12.6 Å². The van der Waals surface area contributed by atoms with Gasteiger partial charge in [-0.25, -0.2) is 8.78 Å². The average molecular weight is 225 g/mol. The Hall–Kier alpha value is -0.960. The molecular weight excluding hydrogens is 208 g/mol. The van der Waals surface area contributed by atoms with E-state index in [2.05, 4.69) is 12.2 Å². The van der Waals surface area contributed by atoms with Crippen LogP contribution in [0.1, 0.15) is 25.3 Å². The maximum atomic E-state index is 13.4. The van der Waals surface area contributed by atoms with E-state index in [0.29, 0.717) is 23.9 Å². The zero-order chi connectivity index (χ0) is 11.5. The summed E-state index contributed by atoms with van der Waals surface area (Å²) in [5, 5.41) is 3.41. The summed E-state index contributed by atoms with van der Waals surface area (Å²) in [7, 11) is 0. The largest absolute Gasteiger partial charge is 0.314 e. The molecule has 0 spiro atoms. The van der Waals surface area contributed by atoms with E-state index in [1.54, 1.807) is 0 Å². The molecule has 0 amide bonds. The summed E-state index contributed by atoms with van der Waals surface area (Å²) in [5.74, 6) is -0.566. The standard InChI is InChI=1S/C13H17F2N/c1-9(8-16-12-4-5-12)6-10-2-3-11(14)7-13(10)15/h2-3,7,9,12,16H,4-6,8H2,1H3. The van der Waals surface area contributed by atoms with Crippen LogP contribution >= 0.6 is 0 Å². The van der Waals surface area contributed by atoms with E-state index in [1.165, 1.54) is 25.0 Å². The Labute approximate surface area is 94.9 Å². The summed E-state index contributed by atoms with van der Waals surface area (Å²) in [6, 6.07) is 4.49. The molecule has 1 aliphatic rings. The highest BCUT2D eigenvalue weighted by atomic mass is 19.1. The molecule has 3 heteroatoms. The van der Waals surface area contributed by atoms with Gasteiger partial charge in [0.15, 0.2) is 0 Å². The summed E-state index contributed by atoms with van der Waals surface area (Å²) < 4.78 is 26.1. The Morgan fingerprint density at radius 3 is 2.75 bits per heavy atom. The maximum Gasteiger partial charge on any atom is 0.129 e. The molecule has 1 fully saturated rings. The van der Waals surface area contributed by atoms with Gasteiger partial charge in [0.2, 0.25) is 0 Å². The minimum Gasteiger partial charge on any atom is -0.314 e. The first kappa shape index (κ1) is 11.5. The summed E-state index contributed by atoms with van der Waals surface area (Å²) in [6.45, 7) is 2.99. The molecular formula is C13H17F2N. The van der Waals surface area contributed by atoms with Crippen molar-refractivity contribution in [3.63, 3.8) is 0 Å². The first-order chi connectivity index (χ1) is 7.65. The number of hydrogen-bond donors (Lipinski definition) is 1. The molecule has 1 saturated carbocycles. The Balaban J connectivity index is 1.86. The van der Waals surface area contributed by atoms with Gasteiger partial charge >= 0.3 is 0 Å². The van der Waals surface area contributed by atoms with E-state index in [9.17, 15) is 8.78 Å². The second-order valence-electron chi connectivity index (χ2n) is 4.73. The summed E-state index contributed by atoms with van der Waals surface area (Å²) in [4.78, 5) is 0. The Morgan fingerprint density at radius 1 is 1.38 bits per heavy atom. The molecule has 16 heavy (non-hydrogen) atoms. The van der Waals surface area contributed by atoms with Gasteiger partial charge in [0.05, 0.1) is 0 Å². The zero-order valence-corrected chi connectivity index (χ0v) is 9.47. The fraction of sp³-hybridized carbons (Fsp3) is 0.538. The SMILES string of the molecule is CC(CNC1CC1)Cc1ccc(F)cc1F. The predicted octanol–water partition coefficient (Wildman–Crippen LogP) is 2.90. The highest BCUT2D eigenvalue weighted by Crippen LogP contribution is 2.20. The third kappa shape index (κ3) is 3.27. The molecule has 0 aromatic heterocycles. The van der Waals surface area contributed by atoms with Crippen LogP contribution in [0.25, 0.3) is 0 Å². The van der Waals surface area contributed by atoms with E-state index >= 15 is 0 Å². The van der Waals surface area contributed by atoms with Crippen molar-refractivity contribution in [3.05, 3.63) is 35.4 Å². The third-order valence-corrected chi connectivity index (χ3v) is 2.92. The molecule has 1 nitrogen and oxygen atoms in total. The van der Waals surface area contributed by atoms with Gasteiger partial charge in [-0.05, 0) is 43.4 Å². The van der Waals surface area contributed by atoms with E-state index in [4.69, 9.17) is 0 Å². The monoisotopic (exact) mass is 225 g/mol. The van der Waals surface area contributed by atoms with Crippen molar-refractivity contribution >= 4 is 0 Å². The van der Waals surface area contributed by atoms with Gasteiger partial charge in [-0.2, -0.15) is 0 Å². The fourth-order valence-electron chi connectivity index (χ4n) is 1.79. The number of nitrogens with one attached hydrogen (secondary N) is 1. The van der Waals surface area contributed by atoms with Crippen molar-refractivity contribution in [2.24, 2.45) is 5.92 Å². The molecule has 88 valence electrons. The molecule has 0 saturated heterocycles. The second kappa shape index (κ2) is 4.91. The number of rotatable bonds is 5. The summed E-state index contributed by atoms with van der Waals surface area (Å²) in [6.07, 6.45) is 3.18. The number of hydrogen-bond acceptors (Lipinski definition) is 1. The Morgan fingerprint density at radius 2 is 2.12 bits per heavy atom. The lowest BCUT2D eigenvalue weighted by Gasteiger charge is -2.12. The molecule has 1 aromatic carbocycles. The molecule has 0 aliphatic heterocycles. The maximum absolute atomic E-state index is 13.4. The highest BCUT2D eigenvalue weighted by molar-refractivity contribution is 5.19. The van der Waals surface area contributed by atoms with Gasteiger partial charge in [-0.15, -0.1) is 0 Å². The normalized spacial score (nSPS) is 17.4. The van der Waals surface area contributed by atoms with Gasteiger partial charge < -0.3 is 5.32 Å². The summed E-state index contributed by atoms with van der Waals surface area (Å²) in [5.41, 5.74) is 0.603. The number of benzene rings is 1. The minimum atomic E-state index is -0.509. The molecule has 1 unspecified atom stereocenters. The van der Waals surface area contributed by atoms with Crippen molar-refractivity contribution in [2.45, 2.75) is 32.2 Å². The predicted molar refractivity (Wildman–Crippen MR) is 60.3 cm³/mol. The molecule has 1 N–H and O–H groups in total. The third-order valence-electron chi connectivity index (χ3n) is 2.92. The van der Waals surface area contributed by atoms with Crippen LogP contribution < -0.4 is 5.32 Å².